The topological polar surface area (TPSA) is 41.6 Å². The van der Waals surface area contributed by atoms with Gasteiger partial charge in [0.2, 0.25) is 0 Å². The van der Waals surface area contributed by atoms with Gasteiger partial charge in [0.05, 0.1) is 6.61 Å². The van der Waals surface area contributed by atoms with Gasteiger partial charge in [-0.25, -0.2) is 4.79 Å². The molecule has 1 aliphatic heterocycles. The Labute approximate surface area is 98.3 Å². The van der Waals surface area contributed by atoms with Crippen LogP contribution < -0.4 is 5.32 Å². The third-order valence-electron chi connectivity index (χ3n) is 3.11. The molecule has 1 heterocycles. The second-order valence-electron chi connectivity index (χ2n) is 4.38. The first-order chi connectivity index (χ1) is 7.74. The van der Waals surface area contributed by atoms with E-state index < -0.39 is 0 Å². The molecule has 1 aliphatic rings. The smallest absolute Gasteiger partial charge is 0.407 e. The number of rotatable bonds is 5. The van der Waals surface area contributed by atoms with Crippen molar-refractivity contribution in [2.45, 2.75) is 45.6 Å². The number of carbonyl (C=O) groups is 1. The van der Waals surface area contributed by atoms with Crippen molar-refractivity contribution < 1.29 is 9.53 Å². The van der Waals surface area contributed by atoms with Crippen molar-refractivity contribution in [3.63, 3.8) is 0 Å². The van der Waals surface area contributed by atoms with Crippen LogP contribution in [0, 0.1) is 0 Å². The van der Waals surface area contributed by atoms with Gasteiger partial charge in [-0.15, -0.1) is 0 Å². The van der Waals surface area contributed by atoms with Crippen LogP contribution in [0.5, 0.6) is 0 Å². The Morgan fingerprint density at radius 3 is 3.00 bits per heavy atom. The number of carbonyl (C=O) groups excluding carboxylic acids is 1. The minimum atomic E-state index is -0.297. The molecule has 4 nitrogen and oxygen atoms in total. The summed E-state index contributed by atoms with van der Waals surface area (Å²) < 4.78 is 4.79. The average Bonchev–Trinajstić information content (AvgIpc) is 2.27. The van der Waals surface area contributed by atoms with Gasteiger partial charge < -0.3 is 15.0 Å². The summed E-state index contributed by atoms with van der Waals surface area (Å²) in [5.41, 5.74) is 0. The molecular weight excluding hydrogens is 204 g/mol. The largest absolute Gasteiger partial charge is 0.450 e. The van der Waals surface area contributed by atoms with E-state index in [0.717, 1.165) is 13.0 Å². The molecule has 16 heavy (non-hydrogen) atoms. The fraction of sp³-hybridized carbons (Fsp3) is 0.917. The summed E-state index contributed by atoms with van der Waals surface area (Å²) in [5, 5.41) is 2.75. The summed E-state index contributed by atoms with van der Waals surface area (Å²) in [5.74, 6) is 0. The molecule has 0 aromatic heterocycles. The molecule has 1 unspecified atom stereocenters. The summed E-state index contributed by atoms with van der Waals surface area (Å²) in [6.45, 7) is 7.54. The second kappa shape index (κ2) is 7.49. The maximum atomic E-state index is 11.0. The SMILES string of the molecule is CCOC(=O)NCCCN1CCCCC1C. The van der Waals surface area contributed by atoms with Crippen LogP contribution in [0.3, 0.4) is 0 Å². The molecule has 0 radical (unpaired) electrons. The third kappa shape index (κ3) is 4.84. The molecule has 0 aromatic rings. The van der Waals surface area contributed by atoms with E-state index in [-0.39, 0.29) is 6.09 Å². The summed E-state index contributed by atoms with van der Waals surface area (Å²) in [6.07, 6.45) is 4.69. The number of hydrogen-bond acceptors (Lipinski definition) is 3. The van der Waals surface area contributed by atoms with Crippen molar-refractivity contribution in [2.75, 3.05) is 26.2 Å². The lowest BCUT2D eigenvalue weighted by Gasteiger charge is -2.33. The van der Waals surface area contributed by atoms with Gasteiger partial charge in [0.25, 0.3) is 0 Å². The van der Waals surface area contributed by atoms with Gasteiger partial charge in [0, 0.05) is 19.1 Å². The Morgan fingerprint density at radius 1 is 1.50 bits per heavy atom. The summed E-state index contributed by atoms with van der Waals surface area (Å²) in [6, 6.07) is 0.705. The first kappa shape index (κ1) is 13.3. The van der Waals surface area contributed by atoms with Crippen LogP contribution >= 0.6 is 0 Å². The highest BCUT2D eigenvalue weighted by Gasteiger charge is 2.17. The van der Waals surface area contributed by atoms with E-state index in [0.29, 0.717) is 19.2 Å². The highest BCUT2D eigenvalue weighted by atomic mass is 16.5. The lowest BCUT2D eigenvalue weighted by atomic mass is 10.0. The maximum Gasteiger partial charge on any atom is 0.407 e. The number of alkyl carbamates (subject to hydrolysis) is 1. The Kier molecular flexibility index (Phi) is 6.23. The van der Waals surface area contributed by atoms with Crippen molar-refractivity contribution in [1.82, 2.24) is 10.2 Å². The lowest BCUT2D eigenvalue weighted by Crippen LogP contribution is -2.39. The number of nitrogens with zero attached hydrogens (tertiary/aromatic N) is 1. The molecule has 0 aromatic carbocycles. The van der Waals surface area contributed by atoms with E-state index in [9.17, 15) is 4.79 Å². The van der Waals surface area contributed by atoms with Crippen molar-refractivity contribution in [3.05, 3.63) is 0 Å². The molecule has 4 heteroatoms. The van der Waals surface area contributed by atoms with E-state index >= 15 is 0 Å². The summed E-state index contributed by atoms with van der Waals surface area (Å²) in [7, 11) is 0. The van der Waals surface area contributed by atoms with Crippen molar-refractivity contribution >= 4 is 6.09 Å². The van der Waals surface area contributed by atoms with Gasteiger partial charge in [-0.05, 0) is 39.7 Å². The van der Waals surface area contributed by atoms with E-state index in [1.165, 1.54) is 25.8 Å². The monoisotopic (exact) mass is 228 g/mol. The zero-order valence-electron chi connectivity index (χ0n) is 10.5. The van der Waals surface area contributed by atoms with Crippen LogP contribution in [0.15, 0.2) is 0 Å². The van der Waals surface area contributed by atoms with Crippen LogP contribution in [-0.4, -0.2) is 43.3 Å². The lowest BCUT2D eigenvalue weighted by molar-refractivity contribution is 0.146. The normalized spacial score (nSPS) is 21.8. The zero-order valence-corrected chi connectivity index (χ0v) is 10.5. The minimum absolute atomic E-state index is 0.297. The molecule has 1 amide bonds. The molecule has 1 saturated heterocycles. The molecule has 0 aliphatic carbocycles. The summed E-state index contributed by atoms with van der Waals surface area (Å²) >= 11 is 0. The van der Waals surface area contributed by atoms with Crippen molar-refractivity contribution in [3.8, 4) is 0 Å². The van der Waals surface area contributed by atoms with Gasteiger partial charge in [-0.3, -0.25) is 0 Å². The number of hydrogen-bond donors (Lipinski definition) is 1. The van der Waals surface area contributed by atoms with Gasteiger partial charge in [-0.1, -0.05) is 6.42 Å². The van der Waals surface area contributed by atoms with Crippen LogP contribution in [0.4, 0.5) is 4.79 Å². The Morgan fingerprint density at radius 2 is 2.31 bits per heavy atom. The second-order valence-corrected chi connectivity index (χ2v) is 4.38. The minimum Gasteiger partial charge on any atom is -0.450 e. The fourth-order valence-corrected chi connectivity index (χ4v) is 2.14. The summed E-state index contributed by atoms with van der Waals surface area (Å²) in [4.78, 5) is 13.5. The molecular formula is C12H24N2O2. The predicted octanol–water partition coefficient (Wildman–Crippen LogP) is 2.00. The number of ether oxygens (including phenoxy) is 1. The molecule has 1 N–H and O–H groups in total. The molecule has 0 spiro atoms. The fourth-order valence-electron chi connectivity index (χ4n) is 2.14. The van der Waals surface area contributed by atoms with E-state index in [2.05, 4.69) is 17.1 Å². The van der Waals surface area contributed by atoms with Crippen molar-refractivity contribution in [1.29, 1.82) is 0 Å². The molecule has 0 saturated carbocycles. The van der Waals surface area contributed by atoms with Crippen LogP contribution in [-0.2, 0) is 4.74 Å². The van der Waals surface area contributed by atoms with E-state index in [4.69, 9.17) is 4.74 Å². The first-order valence-corrected chi connectivity index (χ1v) is 6.38. The van der Waals surface area contributed by atoms with Gasteiger partial charge in [0.15, 0.2) is 0 Å². The predicted molar refractivity (Wildman–Crippen MR) is 64.5 cm³/mol. The van der Waals surface area contributed by atoms with Crippen LogP contribution in [0.2, 0.25) is 0 Å². The van der Waals surface area contributed by atoms with Gasteiger partial charge >= 0.3 is 6.09 Å². The molecule has 94 valence electrons. The zero-order chi connectivity index (χ0) is 11.8. The average molecular weight is 228 g/mol. The molecule has 1 atom stereocenters. The Balaban J connectivity index is 2.03. The number of nitrogens with one attached hydrogen (secondary N) is 1. The molecule has 1 fully saturated rings. The van der Waals surface area contributed by atoms with Gasteiger partial charge in [-0.2, -0.15) is 0 Å². The third-order valence-corrected chi connectivity index (χ3v) is 3.11. The Bertz CT molecular complexity index is 209. The number of piperidine rings is 1. The van der Waals surface area contributed by atoms with Crippen molar-refractivity contribution in [2.24, 2.45) is 0 Å². The quantitative estimate of drug-likeness (QED) is 0.732. The van der Waals surface area contributed by atoms with E-state index in [1.807, 2.05) is 6.92 Å². The Hall–Kier alpha value is -0.770. The highest BCUT2D eigenvalue weighted by molar-refractivity contribution is 5.66. The maximum absolute atomic E-state index is 11.0. The first-order valence-electron chi connectivity index (χ1n) is 6.38. The van der Waals surface area contributed by atoms with Gasteiger partial charge in [0.1, 0.15) is 0 Å². The molecule has 1 rings (SSSR count). The number of amides is 1. The molecule has 0 bridgehead atoms. The number of likely N-dealkylation sites (tertiary alicyclic amines) is 1. The van der Waals surface area contributed by atoms with E-state index in [1.54, 1.807) is 0 Å². The highest BCUT2D eigenvalue weighted by Crippen LogP contribution is 2.15. The standard InChI is InChI=1S/C12H24N2O2/c1-3-16-12(15)13-8-6-10-14-9-5-4-7-11(14)2/h11H,3-10H2,1-2H3,(H,13,15). The van der Waals surface area contributed by atoms with Crippen LogP contribution in [0.1, 0.15) is 39.5 Å². The van der Waals surface area contributed by atoms with Crippen LogP contribution in [0.25, 0.3) is 0 Å².